The van der Waals surface area contributed by atoms with E-state index in [0.717, 1.165) is 18.3 Å². The predicted octanol–water partition coefficient (Wildman–Crippen LogP) is 5.71. The maximum absolute atomic E-state index is 12.5. The van der Waals surface area contributed by atoms with Gasteiger partial charge in [-0.05, 0) is 29.8 Å². The van der Waals surface area contributed by atoms with E-state index >= 15 is 0 Å². The number of nitrogens with one attached hydrogen (secondary N) is 1. The number of halogens is 5. The van der Waals surface area contributed by atoms with E-state index in [0.29, 0.717) is 27.0 Å². The van der Waals surface area contributed by atoms with Gasteiger partial charge in [-0.2, -0.15) is 13.2 Å². The van der Waals surface area contributed by atoms with Gasteiger partial charge in [-0.1, -0.05) is 29.3 Å². The van der Waals surface area contributed by atoms with Crippen LogP contribution in [0.2, 0.25) is 10.0 Å². The van der Waals surface area contributed by atoms with Crippen LogP contribution in [-0.4, -0.2) is 15.9 Å². The fraction of sp³-hybridized carbons (Fsp3) is 0.118. The maximum Gasteiger partial charge on any atom is 0.433 e. The molecular weight excluding hydrogens is 422 g/mol. The molecule has 0 fully saturated rings. The highest BCUT2D eigenvalue weighted by molar-refractivity contribution is 7.09. The number of thiazole rings is 1. The number of pyridine rings is 1. The van der Waals surface area contributed by atoms with Crippen molar-refractivity contribution in [3.05, 3.63) is 73.9 Å². The molecule has 3 rings (SSSR count). The van der Waals surface area contributed by atoms with Crippen LogP contribution in [0.1, 0.15) is 26.8 Å². The first kappa shape index (κ1) is 19.6. The number of benzene rings is 1. The summed E-state index contributed by atoms with van der Waals surface area (Å²) in [5.74, 6) is -0.552. The lowest BCUT2D eigenvalue weighted by Gasteiger charge is -2.07. The highest BCUT2D eigenvalue weighted by Crippen LogP contribution is 2.29. The molecule has 1 aromatic carbocycles. The minimum absolute atomic E-state index is 0.136. The summed E-state index contributed by atoms with van der Waals surface area (Å²) in [6.45, 7) is 0. The van der Waals surface area contributed by atoms with Crippen molar-refractivity contribution in [2.45, 2.75) is 12.6 Å². The third-order valence-corrected chi connectivity index (χ3v) is 5.04. The molecule has 3 aromatic rings. The van der Waals surface area contributed by atoms with Crippen molar-refractivity contribution in [3.8, 4) is 0 Å². The lowest BCUT2D eigenvalue weighted by Crippen LogP contribution is -2.14. The third-order valence-electron chi connectivity index (χ3n) is 3.49. The Kier molecular flexibility index (Phi) is 5.69. The van der Waals surface area contributed by atoms with Gasteiger partial charge >= 0.3 is 6.18 Å². The van der Waals surface area contributed by atoms with Gasteiger partial charge in [-0.15, -0.1) is 11.3 Å². The van der Waals surface area contributed by atoms with Crippen LogP contribution in [0.25, 0.3) is 0 Å². The first-order valence-electron chi connectivity index (χ1n) is 7.46. The second kappa shape index (κ2) is 7.84. The minimum atomic E-state index is -4.54. The van der Waals surface area contributed by atoms with Gasteiger partial charge < -0.3 is 5.32 Å². The van der Waals surface area contributed by atoms with Gasteiger partial charge in [-0.3, -0.25) is 4.79 Å². The zero-order valence-electron chi connectivity index (χ0n) is 13.3. The van der Waals surface area contributed by atoms with Crippen LogP contribution in [0.3, 0.4) is 0 Å². The third kappa shape index (κ3) is 4.77. The van der Waals surface area contributed by atoms with Gasteiger partial charge in [0.25, 0.3) is 5.91 Å². The van der Waals surface area contributed by atoms with E-state index in [2.05, 4.69) is 15.3 Å². The molecule has 0 aliphatic rings. The molecule has 2 aromatic heterocycles. The van der Waals surface area contributed by atoms with Crippen LogP contribution in [0.15, 0.2) is 41.9 Å². The van der Waals surface area contributed by atoms with Gasteiger partial charge in [0.1, 0.15) is 11.4 Å². The largest absolute Gasteiger partial charge is 0.433 e. The number of carbonyl (C=O) groups is 1. The van der Waals surface area contributed by atoms with Crippen LogP contribution in [0, 0.1) is 0 Å². The molecule has 2 heterocycles. The van der Waals surface area contributed by atoms with E-state index in [4.69, 9.17) is 23.2 Å². The Balaban J connectivity index is 1.70. The Hall–Kier alpha value is -2.16. The smallest absolute Gasteiger partial charge is 0.319 e. The summed E-state index contributed by atoms with van der Waals surface area (Å²) in [6, 6.07) is 7.07. The molecule has 10 heteroatoms. The molecule has 27 heavy (non-hydrogen) atoms. The van der Waals surface area contributed by atoms with Gasteiger partial charge in [0, 0.05) is 21.8 Å². The molecule has 0 spiro atoms. The zero-order chi connectivity index (χ0) is 19.6. The van der Waals surface area contributed by atoms with Crippen LogP contribution in [-0.2, 0) is 12.6 Å². The Bertz CT molecular complexity index is 954. The highest BCUT2D eigenvalue weighted by Gasteiger charge is 2.32. The van der Waals surface area contributed by atoms with E-state index in [-0.39, 0.29) is 11.4 Å². The van der Waals surface area contributed by atoms with E-state index in [1.165, 1.54) is 11.3 Å². The minimum Gasteiger partial charge on any atom is -0.319 e. The van der Waals surface area contributed by atoms with Crippen LogP contribution < -0.4 is 5.32 Å². The Labute approximate surface area is 166 Å². The van der Waals surface area contributed by atoms with Crippen molar-refractivity contribution in [2.24, 2.45) is 0 Å². The lowest BCUT2D eigenvalue weighted by molar-refractivity contribution is -0.141. The van der Waals surface area contributed by atoms with Crippen molar-refractivity contribution in [1.82, 2.24) is 9.97 Å². The molecule has 0 radical (unpaired) electrons. The van der Waals surface area contributed by atoms with Crippen molar-refractivity contribution >= 4 is 46.1 Å². The number of anilines is 1. The quantitative estimate of drug-likeness (QED) is 0.575. The fourth-order valence-corrected chi connectivity index (χ4v) is 3.50. The molecule has 0 unspecified atom stereocenters. The lowest BCUT2D eigenvalue weighted by atomic mass is 10.1. The number of amides is 1. The zero-order valence-corrected chi connectivity index (χ0v) is 15.7. The van der Waals surface area contributed by atoms with Gasteiger partial charge in [0.2, 0.25) is 0 Å². The summed E-state index contributed by atoms with van der Waals surface area (Å²) in [6.07, 6.45) is -3.23. The molecule has 0 saturated heterocycles. The summed E-state index contributed by atoms with van der Waals surface area (Å²) in [4.78, 5) is 19.7. The Morgan fingerprint density at radius 1 is 1.15 bits per heavy atom. The average molecular weight is 432 g/mol. The second-order valence-electron chi connectivity index (χ2n) is 5.39. The summed E-state index contributed by atoms with van der Waals surface area (Å²) in [5, 5.41) is 5.63. The van der Waals surface area contributed by atoms with E-state index < -0.39 is 17.8 Å². The predicted molar refractivity (Wildman–Crippen MR) is 98.6 cm³/mol. The molecule has 1 amide bonds. The van der Waals surface area contributed by atoms with Crippen LogP contribution >= 0.6 is 34.5 Å². The van der Waals surface area contributed by atoms with Gasteiger partial charge in [0.05, 0.1) is 16.9 Å². The number of rotatable bonds is 4. The molecule has 0 bridgehead atoms. The molecule has 0 saturated carbocycles. The number of hydrogen-bond acceptors (Lipinski definition) is 4. The monoisotopic (exact) mass is 431 g/mol. The van der Waals surface area contributed by atoms with E-state index in [1.54, 1.807) is 23.6 Å². The normalized spacial score (nSPS) is 11.4. The Morgan fingerprint density at radius 2 is 1.85 bits per heavy atom. The summed E-state index contributed by atoms with van der Waals surface area (Å²) in [5.41, 5.74) is -0.0584. The van der Waals surface area contributed by atoms with Crippen LogP contribution in [0.5, 0.6) is 0 Å². The van der Waals surface area contributed by atoms with Crippen molar-refractivity contribution in [1.29, 1.82) is 0 Å². The van der Waals surface area contributed by atoms with E-state index in [9.17, 15) is 18.0 Å². The number of hydrogen-bond donors (Lipinski definition) is 1. The van der Waals surface area contributed by atoms with Crippen molar-refractivity contribution in [2.75, 3.05) is 5.32 Å². The highest BCUT2D eigenvalue weighted by atomic mass is 35.5. The maximum atomic E-state index is 12.5. The van der Waals surface area contributed by atoms with Gasteiger partial charge in [0.15, 0.2) is 0 Å². The number of carbonyl (C=O) groups excluding carboxylic acids is 1. The topological polar surface area (TPSA) is 54.9 Å². The number of alkyl halides is 3. The van der Waals surface area contributed by atoms with Crippen molar-refractivity contribution < 1.29 is 18.0 Å². The molecule has 1 N–H and O–H groups in total. The average Bonchev–Trinajstić information content (AvgIpc) is 3.07. The summed E-state index contributed by atoms with van der Waals surface area (Å²) >= 11 is 13.5. The number of nitrogens with zero attached hydrogens (tertiary/aromatic N) is 2. The van der Waals surface area contributed by atoms with Gasteiger partial charge in [-0.25, -0.2) is 9.97 Å². The summed E-state index contributed by atoms with van der Waals surface area (Å²) < 4.78 is 37.5. The Morgan fingerprint density at radius 3 is 2.44 bits per heavy atom. The molecule has 140 valence electrons. The SMILES string of the molecule is O=C(Nc1ccc(C(F)(F)F)nc1)c1csc(Cc2c(Cl)cccc2Cl)n1. The molecular formula is C17H10Cl2F3N3OS. The van der Waals surface area contributed by atoms with Crippen molar-refractivity contribution in [3.63, 3.8) is 0 Å². The number of aromatic nitrogens is 2. The molecule has 0 atom stereocenters. The molecule has 0 aliphatic heterocycles. The second-order valence-corrected chi connectivity index (χ2v) is 7.14. The molecule has 4 nitrogen and oxygen atoms in total. The first-order valence-corrected chi connectivity index (χ1v) is 9.09. The molecule has 0 aliphatic carbocycles. The van der Waals surface area contributed by atoms with E-state index in [1.807, 2.05) is 0 Å². The summed E-state index contributed by atoms with van der Waals surface area (Å²) in [7, 11) is 0. The fourth-order valence-electron chi connectivity index (χ4n) is 2.18. The standard InChI is InChI=1S/C17H10Cl2F3N3OS/c18-11-2-1-3-12(19)10(11)6-15-25-13(8-27-15)16(26)24-9-4-5-14(23-7-9)17(20,21)22/h1-5,7-8H,6H2,(H,24,26). The first-order chi connectivity index (χ1) is 12.7. The van der Waals surface area contributed by atoms with Crippen LogP contribution in [0.4, 0.5) is 18.9 Å².